The molecular weight excluding hydrogens is 290 g/mol. The van der Waals surface area contributed by atoms with Gasteiger partial charge in [0.05, 0.1) is 6.54 Å². The molecule has 2 rings (SSSR count). The molecule has 0 fully saturated rings. The molecule has 0 aliphatic heterocycles. The van der Waals surface area contributed by atoms with Crippen LogP contribution in [0, 0.1) is 13.8 Å². The summed E-state index contributed by atoms with van der Waals surface area (Å²) in [6.45, 7) is 8.23. The zero-order chi connectivity index (χ0) is 16.7. The van der Waals surface area contributed by atoms with Crippen LogP contribution in [-0.4, -0.2) is 41.1 Å². The van der Waals surface area contributed by atoms with Gasteiger partial charge in [0, 0.05) is 26.6 Å². The molecule has 1 aromatic carbocycles. The van der Waals surface area contributed by atoms with Gasteiger partial charge in [0.25, 0.3) is 0 Å². The van der Waals surface area contributed by atoms with Gasteiger partial charge < -0.3 is 14.7 Å². The summed E-state index contributed by atoms with van der Waals surface area (Å²) in [4.78, 5) is 10.9. The summed E-state index contributed by atoms with van der Waals surface area (Å²) in [6, 6.07) is 8.56. The Morgan fingerprint density at radius 1 is 1.26 bits per heavy atom. The van der Waals surface area contributed by atoms with Gasteiger partial charge in [-0.1, -0.05) is 35.0 Å². The van der Waals surface area contributed by atoms with Gasteiger partial charge in [-0.05, 0) is 26.3 Å². The molecule has 0 atom stereocenters. The zero-order valence-corrected chi connectivity index (χ0v) is 14.3. The molecule has 0 amide bonds. The van der Waals surface area contributed by atoms with Crippen LogP contribution in [0.15, 0.2) is 33.8 Å². The summed E-state index contributed by atoms with van der Waals surface area (Å²) in [5.74, 6) is 2.17. The topological polar surface area (TPSA) is 66.5 Å². The van der Waals surface area contributed by atoms with Crippen molar-refractivity contribution in [2.75, 3.05) is 20.1 Å². The summed E-state index contributed by atoms with van der Waals surface area (Å²) in [5.41, 5.74) is 2.53. The molecule has 1 heterocycles. The van der Waals surface area contributed by atoms with Crippen LogP contribution in [0.1, 0.15) is 29.8 Å². The molecule has 1 N–H and O–H groups in total. The Morgan fingerprint density at radius 3 is 2.61 bits per heavy atom. The summed E-state index contributed by atoms with van der Waals surface area (Å²) in [6.07, 6.45) is 0.647. The average molecular weight is 315 g/mol. The lowest BCUT2D eigenvalue weighted by atomic mass is 10.1. The number of nitrogens with one attached hydrogen (secondary N) is 1. The third kappa shape index (κ3) is 5.39. The molecule has 2 aromatic rings. The number of aromatic nitrogens is 2. The first-order chi connectivity index (χ1) is 11.1. The van der Waals surface area contributed by atoms with Crippen LogP contribution in [0.3, 0.4) is 0 Å². The standard InChI is InChI=1S/C17H25N5O/c1-5-18-17(19-11-10-16-20-14(3)21-23-16)22(4)12-15-8-6-13(2)7-9-15/h6-9H,5,10-12H2,1-4H3,(H,18,19). The Labute approximate surface area is 137 Å². The lowest BCUT2D eigenvalue weighted by Crippen LogP contribution is -2.38. The summed E-state index contributed by atoms with van der Waals surface area (Å²) in [5, 5.41) is 7.10. The van der Waals surface area contributed by atoms with Crippen molar-refractivity contribution in [1.29, 1.82) is 0 Å². The monoisotopic (exact) mass is 315 g/mol. The smallest absolute Gasteiger partial charge is 0.228 e. The predicted octanol–water partition coefficient (Wildman–Crippen LogP) is 2.33. The number of guanidine groups is 1. The summed E-state index contributed by atoms with van der Waals surface area (Å²) < 4.78 is 5.11. The van der Waals surface area contributed by atoms with E-state index in [9.17, 15) is 0 Å². The lowest BCUT2D eigenvalue weighted by molar-refractivity contribution is 0.375. The quantitative estimate of drug-likeness (QED) is 0.654. The van der Waals surface area contributed by atoms with Crippen molar-refractivity contribution in [1.82, 2.24) is 20.4 Å². The van der Waals surface area contributed by atoms with Crippen LogP contribution in [0.4, 0.5) is 0 Å². The number of nitrogens with zero attached hydrogens (tertiary/aromatic N) is 4. The number of aryl methyl sites for hydroxylation is 2. The first kappa shape index (κ1) is 17.0. The third-order valence-electron chi connectivity index (χ3n) is 3.39. The fourth-order valence-electron chi connectivity index (χ4n) is 2.21. The largest absolute Gasteiger partial charge is 0.357 e. The van der Waals surface area contributed by atoms with Gasteiger partial charge in [-0.15, -0.1) is 0 Å². The highest BCUT2D eigenvalue weighted by Crippen LogP contribution is 2.06. The Bertz CT molecular complexity index is 633. The maximum Gasteiger partial charge on any atom is 0.228 e. The molecule has 0 unspecified atom stereocenters. The number of rotatable bonds is 6. The molecular formula is C17H25N5O. The van der Waals surface area contributed by atoms with E-state index in [-0.39, 0.29) is 0 Å². The van der Waals surface area contributed by atoms with E-state index >= 15 is 0 Å². The van der Waals surface area contributed by atoms with Crippen molar-refractivity contribution >= 4 is 5.96 Å². The third-order valence-corrected chi connectivity index (χ3v) is 3.39. The van der Waals surface area contributed by atoms with Crippen LogP contribution < -0.4 is 5.32 Å². The van der Waals surface area contributed by atoms with Gasteiger partial charge in [0.15, 0.2) is 11.8 Å². The van der Waals surface area contributed by atoms with Gasteiger partial charge in [-0.3, -0.25) is 4.99 Å². The van der Waals surface area contributed by atoms with Gasteiger partial charge in [-0.2, -0.15) is 4.98 Å². The highest BCUT2D eigenvalue weighted by atomic mass is 16.5. The van der Waals surface area contributed by atoms with Crippen LogP contribution in [0.25, 0.3) is 0 Å². The molecule has 0 saturated heterocycles. The molecule has 0 radical (unpaired) electrons. The zero-order valence-electron chi connectivity index (χ0n) is 14.3. The number of aliphatic imine (C=N–C) groups is 1. The lowest BCUT2D eigenvalue weighted by Gasteiger charge is -2.22. The summed E-state index contributed by atoms with van der Waals surface area (Å²) >= 11 is 0. The van der Waals surface area contributed by atoms with Crippen molar-refractivity contribution in [3.63, 3.8) is 0 Å². The highest BCUT2D eigenvalue weighted by Gasteiger charge is 2.07. The Balaban J connectivity index is 1.95. The molecule has 0 spiro atoms. The molecule has 1 aromatic heterocycles. The first-order valence-electron chi connectivity index (χ1n) is 7.92. The average Bonchev–Trinajstić information content (AvgIpc) is 2.94. The highest BCUT2D eigenvalue weighted by molar-refractivity contribution is 5.79. The minimum absolute atomic E-state index is 0.613. The molecule has 124 valence electrons. The van der Waals surface area contributed by atoms with E-state index < -0.39 is 0 Å². The molecule has 6 heteroatoms. The molecule has 0 aliphatic rings. The second-order valence-corrected chi connectivity index (χ2v) is 5.56. The van der Waals surface area contributed by atoms with Gasteiger partial charge in [0.1, 0.15) is 0 Å². The second kappa shape index (κ2) is 8.31. The maximum atomic E-state index is 5.11. The van der Waals surface area contributed by atoms with E-state index in [1.54, 1.807) is 0 Å². The molecule has 0 bridgehead atoms. The molecule has 0 aliphatic carbocycles. The molecule has 6 nitrogen and oxygen atoms in total. The second-order valence-electron chi connectivity index (χ2n) is 5.56. The Hall–Kier alpha value is -2.37. The van der Waals surface area contributed by atoms with E-state index in [1.165, 1.54) is 11.1 Å². The minimum atomic E-state index is 0.613. The van der Waals surface area contributed by atoms with Crippen molar-refractivity contribution < 1.29 is 4.52 Å². The Morgan fingerprint density at radius 2 is 2.00 bits per heavy atom. The summed E-state index contributed by atoms with van der Waals surface area (Å²) in [7, 11) is 2.04. The van der Waals surface area contributed by atoms with Gasteiger partial charge in [-0.25, -0.2) is 0 Å². The van der Waals surface area contributed by atoms with Crippen molar-refractivity contribution in [3.8, 4) is 0 Å². The van der Waals surface area contributed by atoms with Crippen LogP contribution in [0.2, 0.25) is 0 Å². The normalized spacial score (nSPS) is 11.6. The van der Waals surface area contributed by atoms with E-state index in [1.807, 2.05) is 14.0 Å². The van der Waals surface area contributed by atoms with E-state index in [4.69, 9.17) is 4.52 Å². The number of hydrogen-bond acceptors (Lipinski definition) is 4. The van der Waals surface area contributed by atoms with E-state index in [2.05, 4.69) is 63.5 Å². The van der Waals surface area contributed by atoms with Crippen LogP contribution >= 0.6 is 0 Å². The number of benzene rings is 1. The van der Waals surface area contributed by atoms with Crippen LogP contribution in [-0.2, 0) is 13.0 Å². The fraction of sp³-hybridized carbons (Fsp3) is 0.471. The fourth-order valence-corrected chi connectivity index (χ4v) is 2.21. The molecule has 0 saturated carbocycles. The Kier molecular flexibility index (Phi) is 6.14. The van der Waals surface area contributed by atoms with E-state index in [0.717, 1.165) is 19.0 Å². The number of hydrogen-bond donors (Lipinski definition) is 1. The first-order valence-corrected chi connectivity index (χ1v) is 7.92. The predicted molar refractivity (Wildman–Crippen MR) is 91.4 cm³/mol. The van der Waals surface area contributed by atoms with Crippen molar-refractivity contribution in [3.05, 3.63) is 47.1 Å². The minimum Gasteiger partial charge on any atom is -0.357 e. The van der Waals surface area contributed by atoms with Crippen molar-refractivity contribution in [2.24, 2.45) is 4.99 Å². The van der Waals surface area contributed by atoms with Gasteiger partial charge in [0.2, 0.25) is 5.89 Å². The molecule has 23 heavy (non-hydrogen) atoms. The SMILES string of the molecule is CCNC(=NCCc1nc(C)no1)N(C)Cc1ccc(C)cc1. The van der Waals surface area contributed by atoms with Crippen molar-refractivity contribution in [2.45, 2.75) is 33.7 Å². The maximum absolute atomic E-state index is 5.11. The van der Waals surface area contributed by atoms with Gasteiger partial charge >= 0.3 is 0 Å². The van der Waals surface area contributed by atoms with Crippen LogP contribution in [0.5, 0.6) is 0 Å². The van der Waals surface area contributed by atoms with E-state index in [0.29, 0.717) is 24.7 Å².